The summed E-state index contributed by atoms with van der Waals surface area (Å²) in [6.45, 7) is 9.76. The molecule has 0 saturated carbocycles. The van der Waals surface area contributed by atoms with Crippen molar-refractivity contribution in [3.8, 4) is 0 Å². The minimum atomic E-state index is -4.97. The first-order valence-electron chi connectivity index (χ1n) is 45.5. The van der Waals surface area contributed by atoms with Gasteiger partial charge in [-0.05, 0) is 37.5 Å². The highest BCUT2D eigenvalue weighted by atomic mass is 31.2. The SMILES string of the molecule is CCCCCCCCCCCCCCCCCCCCCCCC(=O)O[C@H](COC(=O)CCCCCCCCCCCCCCCCC(C)CC)COP(=O)(O)OC[C@@H](O)COP(=O)(O)OC[C@@H](COC(=O)CCCCCCCCCCCCCC)OC(=O)CCCCCCCCCCCCCCCC(C)C. The molecule has 636 valence electrons. The van der Waals surface area contributed by atoms with E-state index in [4.69, 9.17) is 37.0 Å². The van der Waals surface area contributed by atoms with Gasteiger partial charge in [0.25, 0.3) is 0 Å². The van der Waals surface area contributed by atoms with Crippen LogP contribution in [-0.4, -0.2) is 96.7 Å². The molecule has 0 aliphatic rings. The summed E-state index contributed by atoms with van der Waals surface area (Å²) >= 11 is 0. The van der Waals surface area contributed by atoms with Gasteiger partial charge in [-0.15, -0.1) is 0 Å². The lowest BCUT2D eigenvalue weighted by Gasteiger charge is -2.21. The molecule has 0 heterocycles. The fourth-order valence-corrected chi connectivity index (χ4v) is 15.3. The van der Waals surface area contributed by atoms with Gasteiger partial charge in [-0.25, -0.2) is 9.13 Å². The molecule has 0 spiro atoms. The lowest BCUT2D eigenvalue weighted by Crippen LogP contribution is -2.30. The molecule has 17 nitrogen and oxygen atoms in total. The van der Waals surface area contributed by atoms with Crippen molar-refractivity contribution in [1.82, 2.24) is 0 Å². The lowest BCUT2D eigenvalue weighted by molar-refractivity contribution is -0.161. The summed E-state index contributed by atoms with van der Waals surface area (Å²) in [4.78, 5) is 73.3. The van der Waals surface area contributed by atoms with Gasteiger partial charge >= 0.3 is 39.5 Å². The van der Waals surface area contributed by atoms with E-state index in [0.717, 1.165) is 102 Å². The summed E-state index contributed by atoms with van der Waals surface area (Å²) in [5.41, 5.74) is 0. The number of hydrogen-bond donors (Lipinski definition) is 3. The van der Waals surface area contributed by atoms with Crippen LogP contribution >= 0.6 is 15.6 Å². The zero-order valence-corrected chi connectivity index (χ0v) is 72.2. The highest BCUT2D eigenvalue weighted by Gasteiger charge is 2.31. The average Bonchev–Trinajstić information content (AvgIpc) is 0.899. The van der Waals surface area contributed by atoms with Crippen LogP contribution in [0.15, 0.2) is 0 Å². The quantitative estimate of drug-likeness (QED) is 0.0222. The number of phosphoric ester groups is 2. The molecule has 0 fully saturated rings. The number of unbranched alkanes of at least 4 members (excludes halogenated alkanes) is 56. The maximum atomic E-state index is 13.2. The zero-order valence-electron chi connectivity index (χ0n) is 70.5. The van der Waals surface area contributed by atoms with E-state index in [1.54, 1.807) is 0 Å². The maximum Gasteiger partial charge on any atom is 0.472 e. The van der Waals surface area contributed by atoms with Gasteiger partial charge in [0, 0.05) is 25.7 Å². The van der Waals surface area contributed by atoms with Crippen molar-refractivity contribution in [3.05, 3.63) is 0 Å². The van der Waals surface area contributed by atoms with Gasteiger partial charge in [-0.3, -0.25) is 37.3 Å². The molecule has 0 aromatic rings. The summed E-state index contributed by atoms with van der Waals surface area (Å²) < 4.78 is 69.0. The smallest absolute Gasteiger partial charge is 0.462 e. The molecular formula is C88H172O17P2. The number of hydrogen-bond acceptors (Lipinski definition) is 15. The first kappa shape index (κ1) is 105. The Bertz CT molecular complexity index is 2050. The summed E-state index contributed by atoms with van der Waals surface area (Å²) in [6, 6.07) is 0. The van der Waals surface area contributed by atoms with E-state index in [1.165, 1.54) is 289 Å². The maximum absolute atomic E-state index is 13.2. The van der Waals surface area contributed by atoms with Gasteiger partial charge in [0.2, 0.25) is 0 Å². The van der Waals surface area contributed by atoms with Crippen LogP contribution in [0.25, 0.3) is 0 Å². The number of ether oxygens (including phenoxy) is 4. The van der Waals surface area contributed by atoms with Crippen LogP contribution < -0.4 is 0 Å². The van der Waals surface area contributed by atoms with Crippen molar-refractivity contribution in [2.45, 2.75) is 490 Å². The highest BCUT2D eigenvalue weighted by molar-refractivity contribution is 7.47. The van der Waals surface area contributed by atoms with E-state index in [-0.39, 0.29) is 25.7 Å². The molecule has 0 saturated heterocycles. The Hall–Kier alpha value is -1.94. The van der Waals surface area contributed by atoms with Crippen molar-refractivity contribution >= 4 is 39.5 Å². The Morgan fingerprint density at radius 2 is 0.477 bits per heavy atom. The molecule has 3 N–H and O–H groups in total. The molecule has 0 aliphatic carbocycles. The Balaban J connectivity index is 5.25. The standard InChI is InChI=1S/C88H172O17P2/c1-7-10-12-14-16-18-20-22-23-24-25-26-27-28-29-36-42-48-54-60-66-72-87(92)104-84(77-99-86(91)71-65-59-53-47-41-35-31-30-34-39-45-51-57-63-69-81(6)9-3)79-103-107(96,97)101-75-82(89)74-100-106(94,95)102-78-83(76-98-85(90)70-64-58-52-46-40-21-19-17-15-13-11-8-2)105-88(93)73-67-61-55-49-43-37-32-33-38-44-50-56-62-68-80(4)5/h80-84,89H,7-79H2,1-6H3,(H,94,95)(H,96,97)/t81?,82-,83+,84+/m0/s1. The highest BCUT2D eigenvalue weighted by Crippen LogP contribution is 2.45. The van der Waals surface area contributed by atoms with Crippen LogP contribution in [0, 0.1) is 11.8 Å². The van der Waals surface area contributed by atoms with Crippen molar-refractivity contribution in [3.63, 3.8) is 0 Å². The van der Waals surface area contributed by atoms with Gasteiger partial charge in [-0.2, -0.15) is 0 Å². The number of aliphatic hydroxyl groups excluding tert-OH is 1. The summed E-state index contributed by atoms with van der Waals surface area (Å²) in [7, 11) is -9.93. The lowest BCUT2D eigenvalue weighted by atomic mass is 9.99. The third kappa shape index (κ3) is 80.5. The number of rotatable bonds is 87. The molecular weight excluding hydrogens is 1390 g/mol. The van der Waals surface area contributed by atoms with E-state index in [1.807, 2.05) is 0 Å². The van der Waals surface area contributed by atoms with Crippen molar-refractivity contribution < 1.29 is 80.2 Å². The minimum absolute atomic E-state index is 0.108. The molecule has 3 unspecified atom stereocenters. The third-order valence-corrected chi connectivity index (χ3v) is 23.0. The number of carbonyl (C=O) groups is 4. The van der Waals surface area contributed by atoms with Gasteiger partial charge in [0.1, 0.15) is 19.3 Å². The Morgan fingerprint density at radius 3 is 0.710 bits per heavy atom. The monoisotopic (exact) mass is 1560 g/mol. The number of carbonyl (C=O) groups excluding carboxylic acids is 4. The molecule has 0 aromatic carbocycles. The van der Waals surface area contributed by atoms with Crippen LogP contribution in [0.4, 0.5) is 0 Å². The van der Waals surface area contributed by atoms with Crippen molar-refractivity contribution in [2.24, 2.45) is 11.8 Å². The van der Waals surface area contributed by atoms with Crippen molar-refractivity contribution in [2.75, 3.05) is 39.6 Å². The Labute approximate surface area is 658 Å². The Morgan fingerprint density at radius 1 is 0.271 bits per heavy atom. The molecule has 0 aliphatic heterocycles. The van der Waals surface area contributed by atoms with Gasteiger partial charge < -0.3 is 33.8 Å². The van der Waals surface area contributed by atoms with Gasteiger partial charge in [0.15, 0.2) is 12.2 Å². The van der Waals surface area contributed by atoms with Gasteiger partial charge in [0.05, 0.1) is 26.4 Å². The van der Waals surface area contributed by atoms with Crippen LogP contribution in [0.1, 0.15) is 472 Å². The number of esters is 4. The third-order valence-electron chi connectivity index (χ3n) is 21.1. The molecule has 107 heavy (non-hydrogen) atoms. The molecule has 0 rings (SSSR count). The summed E-state index contributed by atoms with van der Waals surface area (Å²) in [6.07, 6.45) is 72.1. The first-order valence-corrected chi connectivity index (χ1v) is 48.5. The normalized spacial score (nSPS) is 14.0. The van der Waals surface area contributed by atoms with Crippen LogP contribution in [0.3, 0.4) is 0 Å². The first-order chi connectivity index (χ1) is 51.9. The molecule has 19 heteroatoms. The predicted octanol–water partition coefficient (Wildman–Crippen LogP) is 27.0. The molecule has 0 aromatic heterocycles. The minimum Gasteiger partial charge on any atom is -0.462 e. The zero-order chi connectivity index (χ0) is 78.5. The number of phosphoric acid groups is 2. The van der Waals surface area contributed by atoms with Crippen molar-refractivity contribution in [1.29, 1.82) is 0 Å². The molecule has 0 amide bonds. The summed E-state index contributed by atoms with van der Waals surface area (Å²) in [5, 5.41) is 10.7. The van der Waals surface area contributed by atoms with Crippen LogP contribution in [0.5, 0.6) is 0 Å². The fraction of sp³-hybridized carbons (Fsp3) is 0.955. The average molecular weight is 1560 g/mol. The second-order valence-corrected chi connectivity index (χ2v) is 35.3. The Kier molecular flexibility index (Phi) is 77.9. The second kappa shape index (κ2) is 79.3. The van der Waals surface area contributed by atoms with E-state index in [9.17, 15) is 43.2 Å². The molecule has 6 atom stereocenters. The second-order valence-electron chi connectivity index (χ2n) is 32.4. The predicted molar refractivity (Wildman–Crippen MR) is 442 cm³/mol. The van der Waals surface area contributed by atoms with E-state index in [0.29, 0.717) is 25.7 Å². The van der Waals surface area contributed by atoms with E-state index >= 15 is 0 Å². The summed E-state index contributed by atoms with van der Waals surface area (Å²) in [5.74, 6) is -0.462. The van der Waals surface area contributed by atoms with Gasteiger partial charge in [-0.1, -0.05) is 420 Å². The fourth-order valence-electron chi connectivity index (χ4n) is 13.7. The number of aliphatic hydroxyl groups is 1. The molecule has 0 bridgehead atoms. The molecule has 0 radical (unpaired) electrons. The van der Waals surface area contributed by atoms with Crippen LogP contribution in [0.2, 0.25) is 0 Å². The van der Waals surface area contributed by atoms with Crippen LogP contribution in [-0.2, 0) is 65.4 Å². The van der Waals surface area contributed by atoms with E-state index < -0.39 is 97.5 Å². The van der Waals surface area contributed by atoms with E-state index in [2.05, 4.69) is 41.5 Å². The topological polar surface area (TPSA) is 237 Å². The largest absolute Gasteiger partial charge is 0.472 e.